The summed E-state index contributed by atoms with van der Waals surface area (Å²) in [7, 11) is 1.81. The van der Waals surface area contributed by atoms with Gasteiger partial charge in [-0.3, -0.25) is 0 Å². The van der Waals surface area contributed by atoms with Crippen LogP contribution in [0, 0.1) is 0 Å². The zero-order chi connectivity index (χ0) is 8.81. The summed E-state index contributed by atoms with van der Waals surface area (Å²) >= 11 is 0. The Labute approximate surface area is 75.0 Å². The number of rotatable bonds is 4. The fraction of sp³-hybridized carbons (Fsp3) is 0.800. The van der Waals surface area contributed by atoms with Crippen molar-refractivity contribution >= 4 is 0 Å². The first-order valence-electron chi connectivity index (χ1n) is 4.74. The standard InChI is InChI=1S/C10H19NO/c1-3-8-11-9-4-6-10(12-2)7-5-9/h3,9-11H,1,4-8H2,2H3. The molecule has 1 aliphatic rings. The molecule has 0 aromatic carbocycles. The van der Waals surface area contributed by atoms with E-state index >= 15 is 0 Å². The molecule has 2 heteroatoms. The van der Waals surface area contributed by atoms with Crippen LogP contribution in [0.5, 0.6) is 0 Å². The van der Waals surface area contributed by atoms with E-state index in [0.29, 0.717) is 12.1 Å². The third-order valence-corrected chi connectivity index (χ3v) is 2.56. The normalized spacial score (nSPS) is 30.1. The number of ether oxygens (including phenoxy) is 1. The van der Waals surface area contributed by atoms with Crippen molar-refractivity contribution in [3.63, 3.8) is 0 Å². The molecule has 0 unspecified atom stereocenters. The number of hydrogen-bond acceptors (Lipinski definition) is 2. The molecule has 0 aromatic heterocycles. The van der Waals surface area contributed by atoms with E-state index in [9.17, 15) is 0 Å². The third kappa shape index (κ3) is 2.95. The van der Waals surface area contributed by atoms with Crippen LogP contribution < -0.4 is 5.32 Å². The number of methoxy groups -OCH3 is 1. The van der Waals surface area contributed by atoms with Crippen molar-refractivity contribution in [3.05, 3.63) is 12.7 Å². The van der Waals surface area contributed by atoms with Gasteiger partial charge >= 0.3 is 0 Å². The largest absolute Gasteiger partial charge is 0.381 e. The Hall–Kier alpha value is -0.340. The molecule has 2 nitrogen and oxygen atoms in total. The van der Waals surface area contributed by atoms with E-state index in [0.717, 1.165) is 6.54 Å². The second kappa shape index (κ2) is 5.33. The van der Waals surface area contributed by atoms with Crippen LogP contribution >= 0.6 is 0 Å². The summed E-state index contributed by atoms with van der Waals surface area (Å²) in [6.45, 7) is 4.62. The molecule has 0 spiro atoms. The second-order valence-corrected chi connectivity index (χ2v) is 3.41. The summed E-state index contributed by atoms with van der Waals surface area (Å²) < 4.78 is 5.30. The highest BCUT2D eigenvalue weighted by Gasteiger charge is 2.19. The van der Waals surface area contributed by atoms with Gasteiger partial charge in [-0.1, -0.05) is 6.08 Å². The minimum Gasteiger partial charge on any atom is -0.381 e. The summed E-state index contributed by atoms with van der Waals surface area (Å²) in [5, 5.41) is 3.44. The van der Waals surface area contributed by atoms with Crippen LogP contribution in [0.3, 0.4) is 0 Å². The third-order valence-electron chi connectivity index (χ3n) is 2.56. The molecule has 12 heavy (non-hydrogen) atoms. The van der Waals surface area contributed by atoms with E-state index in [4.69, 9.17) is 4.74 Å². The molecule has 1 N–H and O–H groups in total. The summed E-state index contributed by atoms with van der Waals surface area (Å²) in [6, 6.07) is 0.689. The molecule has 70 valence electrons. The molecular formula is C10H19NO. The molecule has 1 rings (SSSR count). The Bertz CT molecular complexity index is 128. The summed E-state index contributed by atoms with van der Waals surface area (Å²) in [5.74, 6) is 0. The highest BCUT2D eigenvalue weighted by atomic mass is 16.5. The van der Waals surface area contributed by atoms with Crippen LogP contribution in [-0.2, 0) is 4.74 Å². The Morgan fingerprint density at radius 1 is 1.42 bits per heavy atom. The number of nitrogens with one attached hydrogen (secondary N) is 1. The van der Waals surface area contributed by atoms with Crippen LogP contribution in [0.4, 0.5) is 0 Å². The second-order valence-electron chi connectivity index (χ2n) is 3.41. The lowest BCUT2D eigenvalue weighted by atomic mass is 9.93. The van der Waals surface area contributed by atoms with Crippen molar-refractivity contribution in [2.24, 2.45) is 0 Å². The molecule has 0 aromatic rings. The van der Waals surface area contributed by atoms with Gasteiger partial charge in [-0.05, 0) is 25.7 Å². The average Bonchev–Trinajstić information content (AvgIpc) is 2.15. The van der Waals surface area contributed by atoms with Crippen molar-refractivity contribution in [2.75, 3.05) is 13.7 Å². The van der Waals surface area contributed by atoms with Gasteiger partial charge < -0.3 is 10.1 Å². The zero-order valence-electron chi connectivity index (χ0n) is 7.88. The van der Waals surface area contributed by atoms with Crippen LogP contribution in [0.15, 0.2) is 12.7 Å². The molecule has 0 heterocycles. The van der Waals surface area contributed by atoms with Gasteiger partial charge in [0.1, 0.15) is 0 Å². The van der Waals surface area contributed by atoms with E-state index in [2.05, 4.69) is 11.9 Å². The quantitative estimate of drug-likeness (QED) is 0.647. The van der Waals surface area contributed by atoms with E-state index in [1.54, 1.807) is 0 Å². The van der Waals surface area contributed by atoms with Gasteiger partial charge in [0, 0.05) is 19.7 Å². The molecule has 0 amide bonds. The highest BCUT2D eigenvalue weighted by molar-refractivity contribution is 4.80. The summed E-state index contributed by atoms with van der Waals surface area (Å²) in [5.41, 5.74) is 0. The van der Waals surface area contributed by atoms with Crippen molar-refractivity contribution in [3.8, 4) is 0 Å². The van der Waals surface area contributed by atoms with Gasteiger partial charge in [0.05, 0.1) is 6.10 Å². The Balaban J connectivity index is 2.12. The van der Waals surface area contributed by atoms with Gasteiger partial charge in [0.2, 0.25) is 0 Å². The molecule has 1 saturated carbocycles. The van der Waals surface area contributed by atoms with Crippen molar-refractivity contribution in [2.45, 2.75) is 37.8 Å². The van der Waals surface area contributed by atoms with Crippen LogP contribution in [0.2, 0.25) is 0 Å². The predicted molar refractivity (Wildman–Crippen MR) is 51.3 cm³/mol. The molecule has 1 fully saturated rings. The molecular weight excluding hydrogens is 150 g/mol. The van der Waals surface area contributed by atoms with Crippen molar-refractivity contribution in [1.82, 2.24) is 5.32 Å². The molecule has 1 aliphatic carbocycles. The molecule has 0 bridgehead atoms. The van der Waals surface area contributed by atoms with Crippen molar-refractivity contribution < 1.29 is 4.74 Å². The van der Waals surface area contributed by atoms with E-state index < -0.39 is 0 Å². The van der Waals surface area contributed by atoms with Gasteiger partial charge in [0.25, 0.3) is 0 Å². The molecule has 0 aliphatic heterocycles. The maximum Gasteiger partial charge on any atom is 0.0572 e. The van der Waals surface area contributed by atoms with Crippen LogP contribution in [-0.4, -0.2) is 25.8 Å². The van der Waals surface area contributed by atoms with E-state index in [1.165, 1.54) is 25.7 Å². The predicted octanol–water partition coefficient (Wildman–Crippen LogP) is 1.72. The Morgan fingerprint density at radius 3 is 2.58 bits per heavy atom. The lowest BCUT2D eigenvalue weighted by Gasteiger charge is -2.27. The highest BCUT2D eigenvalue weighted by Crippen LogP contribution is 2.20. The fourth-order valence-electron chi connectivity index (χ4n) is 1.75. The van der Waals surface area contributed by atoms with Crippen molar-refractivity contribution in [1.29, 1.82) is 0 Å². The lowest BCUT2D eigenvalue weighted by molar-refractivity contribution is 0.0630. The first-order chi connectivity index (χ1) is 5.86. The van der Waals surface area contributed by atoms with Crippen LogP contribution in [0.25, 0.3) is 0 Å². The lowest BCUT2D eigenvalue weighted by Crippen LogP contribution is -2.35. The summed E-state index contributed by atoms with van der Waals surface area (Å²) in [4.78, 5) is 0. The van der Waals surface area contributed by atoms with Gasteiger partial charge in [0.15, 0.2) is 0 Å². The first-order valence-corrected chi connectivity index (χ1v) is 4.74. The van der Waals surface area contributed by atoms with E-state index in [-0.39, 0.29) is 0 Å². The SMILES string of the molecule is C=CCNC1CCC(OC)CC1. The first kappa shape index (κ1) is 9.75. The summed E-state index contributed by atoms with van der Waals surface area (Å²) in [6.07, 6.45) is 7.31. The maximum atomic E-state index is 5.30. The average molecular weight is 169 g/mol. The monoisotopic (exact) mass is 169 g/mol. The van der Waals surface area contributed by atoms with Gasteiger partial charge in [-0.15, -0.1) is 6.58 Å². The van der Waals surface area contributed by atoms with Crippen LogP contribution in [0.1, 0.15) is 25.7 Å². The minimum absolute atomic E-state index is 0.506. The fourth-order valence-corrected chi connectivity index (χ4v) is 1.75. The minimum atomic E-state index is 0.506. The molecule has 0 saturated heterocycles. The maximum absolute atomic E-state index is 5.30. The topological polar surface area (TPSA) is 21.3 Å². The Morgan fingerprint density at radius 2 is 2.08 bits per heavy atom. The smallest absolute Gasteiger partial charge is 0.0572 e. The molecule has 0 radical (unpaired) electrons. The molecule has 0 atom stereocenters. The van der Waals surface area contributed by atoms with E-state index in [1.807, 2.05) is 13.2 Å². The number of hydrogen-bond donors (Lipinski definition) is 1. The zero-order valence-corrected chi connectivity index (χ0v) is 7.88. The van der Waals surface area contributed by atoms with Gasteiger partial charge in [-0.25, -0.2) is 0 Å². The van der Waals surface area contributed by atoms with Gasteiger partial charge in [-0.2, -0.15) is 0 Å². The Kier molecular flexibility index (Phi) is 4.33.